The van der Waals surface area contributed by atoms with Crippen LogP contribution in [0.4, 0.5) is 5.69 Å². The summed E-state index contributed by atoms with van der Waals surface area (Å²) in [6.07, 6.45) is 1.57. The molecule has 0 bridgehead atoms. The number of esters is 1. The third-order valence-corrected chi connectivity index (χ3v) is 7.53. The molecule has 2 aromatic carbocycles. The number of non-ortho nitro benzene ring substituents is 1. The van der Waals surface area contributed by atoms with Crippen LogP contribution in [0.5, 0.6) is 0 Å². The maximum atomic E-state index is 13.8. The van der Waals surface area contributed by atoms with E-state index in [4.69, 9.17) is 25.5 Å². The summed E-state index contributed by atoms with van der Waals surface area (Å²) in [5, 5.41) is 11.5. The standard InChI is InChI=1S/C28H22ClN3O7S/c1-16-24(27(34)38-13-12-37-2)25(20-8-3-4-9-21(20)29)31-26(33)23(40-28(31)30-16)15-19-10-11-22(39-19)17-6-5-7-18(14-17)32(35)36/h3-11,14-15,25H,12-13H2,1-2H3/b23-15+/t25-/m1/s1. The fourth-order valence-corrected chi connectivity index (χ4v) is 5.62. The van der Waals surface area contributed by atoms with Gasteiger partial charge in [-0.3, -0.25) is 19.5 Å². The van der Waals surface area contributed by atoms with Crippen molar-refractivity contribution in [2.75, 3.05) is 20.3 Å². The van der Waals surface area contributed by atoms with Gasteiger partial charge in [0.25, 0.3) is 11.2 Å². The first-order chi connectivity index (χ1) is 19.3. The Kier molecular flexibility index (Phi) is 7.78. The lowest BCUT2D eigenvalue weighted by atomic mass is 9.96. The van der Waals surface area contributed by atoms with Gasteiger partial charge in [0.05, 0.1) is 27.3 Å². The molecule has 0 spiro atoms. The first-order valence-corrected chi connectivity index (χ1v) is 13.3. The third-order valence-electron chi connectivity index (χ3n) is 6.20. The Balaban J connectivity index is 1.60. The summed E-state index contributed by atoms with van der Waals surface area (Å²) in [5.41, 5.74) is 1.24. The Morgan fingerprint density at radius 2 is 2.00 bits per heavy atom. The highest BCUT2D eigenvalue weighted by Crippen LogP contribution is 2.34. The summed E-state index contributed by atoms with van der Waals surface area (Å²) in [5.74, 6) is 0.162. The van der Waals surface area contributed by atoms with Gasteiger partial charge in [0.2, 0.25) is 0 Å². The van der Waals surface area contributed by atoms with E-state index in [0.717, 1.165) is 11.3 Å². The fraction of sp³-hybridized carbons (Fsp3) is 0.179. The number of hydrogen-bond donors (Lipinski definition) is 0. The largest absolute Gasteiger partial charge is 0.460 e. The number of carbonyl (C=O) groups is 1. The van der Waals surface area contributed by atoms with Gasteiger partial charge >= 0.3 is 5.97 Å². The van der Waals surface area contributed by atoms with E-state index in [0.29, 0.717) is 42.7 Å². The molecule has 10 nitrogen and oxygen atoms in total. The molecule has 40 heavy (non-hydrogen) atoms. The molecule has 1 aliphatic rings. The Hall–Kier alpha value is -4.32. The molecule has 3 heterocycles. The van der Waals surface area contributed by atoms with Crippen LogP contribution in [-0.2, 0) is 14.3 Å². The second kappa shape index (κ2) is 11.4. The summed E-state index contributed by atoms with van der Waals surface area (Å²) in [6.45, 7) is 1.94. The predicted molar refractivity (Wildman–Crippen MR) is 149 cm³/mol. The molecule has 5 rings (SSSR count). The van der Waals surface area contributed by atoms with Crippen LogP contribution >= 0.6 is 22.9 Å². The van der Waals surface area contributed by atoms with Crippen molar-refractivity contribution >= 4 is 40.7 Å². The van der Waals surface area contributed by atoms with E-state index in [1.54, 1.807) is 61.5 Å². The molecule has 1 atom stereocenters. The third kappa shape index (κ3) is 5.26. The first kappa shape index (κ1) is 27.3. The topological polar surface area (TPSA) is 126 Å². The highest BCUT2D eigenvalue weighted by Gasteiger charge is 2.34. The zero-order valence-corrected chi connectivity index (χ0v) is 22.9. The number of aromatic nitrogens is 1. The quantitative estimate of drug-likeness (QED) is 0.132. The number of benzene rings is 2. The van der Waals surface area contributed by atoms with E-state index in [2.05, 4.69) is 4.99 Å². The van der Waals surface area contributed by atoms with Gasteiger partial charge in [-0.1, -0.05) is 53.3 Å². The van der Waals surface area contributed by atoms with Crippen molar-refractivity contribution in [2.45, 2.75) is 13.0 Å². The van der Waals surface area contributed by atoms with Gasteiger partial charge < -0.3 is 13.9 Å². The number of nitro benzene ring substituents is 1. The highest BCUT2D eigenvalue weighted by molar-refractivity contribution is 7.07. The number of thiazole rings is 1. The van der Waals surface area contributed by atoms with Gasteiger partial charge in [-0.25, -0.2) is 9.79 Å². The lowest BCUT2D eigenvalue weighted by Gasteiger charge is -2.25. The van der Waals surface area contributed by atoms with Gasteiger partial charge in [0.1, 0.15) is 24.2 Å². The number of methoxy groups -OCH3 is 1. The molecule has 0 aliphatic carbocycles. The Labute approximate surface area is 236 Å². The molecule has 12 heteroatoms. The smallest absolute Gasteiger partial charge is 0.338 e. The molecule has 0 saturated heterocycles. The summed E-state index contributed by atoms with van der Waals surface area (Å²) in [7, 11) is 1.50. The number of ether oxygens (including phenoxy) is 2. The van der Waals surface area contributed by atoms with Gasteiger partial charge in [-0.2, -0.15) is 0 Å². The van der Waals surface area contributed by atoms with Crippen molar-refractivity contribution < 1.29 is 23.6 Å². The van der Waals surface area contributed by atoms with Crippen LogP contribution < -0.4 is 14.9 Å². The average molecular weight is 580 g/mol. The molecule has 0 N–H and O–H groups in total. The average Bonchev–Trinajstić information content (AvgIpc) is 3.53. The number of allylic oxidation sites excluding steroid dienone is 1. The van der Waals surface area contributed by atoms with Crippen molar-refractivity contribution in [1.82, 2.24) is 4.57 Å². The van der Waals surface area contributed by atoms with Crippen molar-refractivity contribution in [3.63, 3.8) is 0 Å². The maximum absolute atomic E-state index is 13.8. The zero-order valence-electron chi connectivity index (χ0n) is 21.3. The zero-order chi connectivity index (χ0) is 28.4. The lowest BCUT2D eigenvalue weighted by molar-refractivity contribution is -0.384. The number of rotatable bonds is 8. The van der Waals surface area contributed by atoms with Crippen molar-refractivity contribution in [3.8, 4) is 11.3 Å². The van der Waals surface area contributed by atoms with Crippen molar-refractivity contribution in [3.05, 3.63) is 118 Å². The number of fused-ring (bicyclic) bond motifs is 1. The van der Waals surface area contributed by atoms with Crippen LogP contribution in [0.3, 0.4) is 0 Å². The highest BCUT2D eigenvalue weighted by atomic mass is 35.5. The van der Waals surface area contributed by atoms with Gasteiger partial charge in [0, 0.05) is 35.9 Å². The van der Waals surface area contributed by atoms with Crippen LogP contribution in [0.15, 0.2) is 86.1 Å². The van der Waals surface area contributed by atoms with E-state index >= 15 is 0 Å². The van der Waals surface area contributed by atoms with Crippen LogP contribution in [0.2, 0.25) is 5.02 Å². The molecule has 0 radical (unpaired) electrons. The minimum atomic E-state index is -0.862. The molecule has 1 aliphatic heterocycles. The van der Waals surface area contributed by atoms with Gasteiger partial charge in [-0.15, -0.1) is 0 Å². The van der Waals surface area contributed by atoms with Crippen molar-refractivity contribution in [1.29, 1.82) is 0 Å². The van der Waals surface area contributed by atoms with Crippen molar-refractivity contribution in [2.24, 2.45) is 4.99 Å². The second-order valence-electron chi connectivity index (χ2n) is 8.74. The van der Waals surface area contributed by atoms with Crippen LogP contribution in [-0.4, -0.2) is 35.8 Å². The predicted octanol–water partition coefficient (Wildman–Crippen LogP) is 4.25. The maximum Gasteiger partial charge on any atom is 0.338 e. The Bertz CT molecular complexity index is 1840. The molecule has 204 valence electrons. The first-order valence-electron chi connectivity index (χ1n) is 12.1. The van der Waals surface area contributed by atoms with E-state index < -0.39 is 22.5 Å². The summed E-state index contributed by atoms with van der Waals surface area (Å²) < 4.78 is 18.0. The number of nitrogens with zero attached hydrogens (tertiary/aromatic N) is 3. The molecular formula is C28H22ClN3O7S. The molecular weight excluding hydrogens is 558 g/mol. The van der Waals surface area contributed by atoms with E-state index in [1.165, 1.54) is 23.8 Å². The summed E-state index contributed by atoms with van der Waals surface area (Å²) in [4.78, 5) is 42.6. The molecule has 0 unspecified atom stereocenters. The van der Waals surface area contributed by atoms with Crippen LogP contribution in [0.1, 0.15) is 24.3 Å². The molecule has 4 aromatic rings. The van der Waals surface area contributed by atoms with E-state index in [9.17, 15) is 19.7 Å². The molecule has 0 amide bonds. The van der Waals surface area contributed by atoms with Crippen LogP contribution in [0, 0.1) is 10.1 Å². The molecule has 0 saturated carbocycles. The Morgan fingerprint density at radius 3 is 2.75 bits per heavy atom. The normalized spacial score (nSPS) is 15.1. The van der Waals surface area contributed by atoms with Gasteiger partial charge in [-0.05, 0) is 30.7 Å². The SMILES string of the molecule is COCCOC(=O)C1=C(C)N=c2s/c(=C/c3ccc(-c4cccc([N+](=O)[O-])c4)o3)c(=O)n2[C@@H]1c1ccccc1Cl. The fourth-order valence-electron chi connectivity index (χ4n) is 4.36. The number of carbonyl (C=O) groups excluding carboxylic acids is 1. The minimum absolute atomic E-state index is 0.0389. The number of halogens is 1. The monoisotopic (exact) mass is 579 g/mol. The summed E-state index contributed by atoms with van der Waals surface area (Å²) >= 11 is 7.69. The lowest BCUT2D eigenvalue weighted by Crippen LogP contribution is -2.40. The van der Waals surface area contributed by atoms with Crippen LogP contribution in [0.25, 0.3) is 17.4 Å². The number of furan rings is 1. The van der Waals surface area contributed by atoms with E-state index in [-0.39, 0.29) is 24.5 Å². The molecule has 2 aromatic heterocycles. The Morgan fingerprint density at radius 1 is 1.20 bits per heavy atom. The summed E-state index contributed by atoms with van der Waals surface area (Å²) in [6, 6.07) is 15.5. The molecule has 0 fully saturated rings. The van der Waals surface area contributed by atoms with Gasteiger partial charge in [0.15, 0.2) is 4.80 Å². The minimum Gasteiger partial charge on any atom is -0.460 e. The second-order valence-corrected chi connectivity index (χ2v) is 10.2. The number of hydrogen-bond acceptors (Lipinski definition) is 9. The van der Waals surface area contributed by atoms with E-state index in [1.807, 2.05) is 0 Å². The number of nitro groups is 1.